The Bertz CT molecular complexity index is 1000. The number of carbonyl (C=O) groups is 2. The number of halogens is 6. The zero-order valence-corrected chi connectivity index (χ0v) is 16.0. The molecule has 0 bridgehead atoms. The van der Waals surface area contributed by atoms with Gasteiger partial charge in [-0.25, -0.2) is 13.2 Å². The summed E-state index contributed by atoms with van der Waals surface area (Å²) in [5.74, 6) is -5.43. The summed E-state index contributed by atoms with van der Waals surface area (Å²) < 4.78 is 40.1. The fourth-order valence-corrected chi connectivity index (χ4v) is 3.11. The molecule has 2 aromatic rings. The molecule has 1 saturated carbocycles. The lowest BCUT2D eigenvalue weighted by Gasteiger charge is -2.12. The number of rotatable bonds is 4. The second kappa shape index (κ2) is 7.35. The fraction of sp³-hybridized carbons (Fsp3) is 0.176. The molecular weight excluding hydrogens is 442 g/mol. The standard InChI is InChI=1S/C17H11Cl3F3N3O2/c18-12-7(15(27)26-11-2-1-9(21)14(24)13(11)23)3-6(4-10(12)22)25-16(28)8-5-17(8,19)20/h1-4,8H,5,24H2,(H,25,28)(H,26,27). The molecule has 1 aliphatic rings. The van der Waals surface area contributed by atoms with E-state index >= 15 is 0 Å². The summed E-state index contributed by atoms with van der Waals surface area (Å²) in [6, 6.07) is 3.80. The summed E-state index contributed by atoms with van der Waals surface area (Å²) in [7, 11) is 0. The molecule has 0 aliphatic heterocycles. The van der Waals surface area contributed by atoms with Crippen LogP contribution >= 0.6 is 34.8 Å². The summed E-state index contributed by atoms with van der Waals surface area (Å²) in [6.07, 6.45) is 0.233. The van der Waals surface area contributed by atoms with Gasteiger partial charge >= 0.3 is 0 Å². The third-order valence-corrected chi connectivity index (χ3v) is 5.28. The van der Waals surface area contributed by atoms with Crippen LogP contribution in [0.5, 0.6) is 0 Å². The number of anilines is 3. The van der Waals surface area contributed by atoms with Crippen molar-refractivity contribution in [2.75, 3.05) is 16.4 Å². The quantitative estimate of drug-likeness (QED) is 0.463. The van der Waals surface area contributed by atoms with Crippen molar-refractivity contribution in [1.82, 2.24) is 0 Å². The summed E-state index contributed by atoms with van der Waals surface area (Å²) in [6.45, 7) is 0. The number of amides is 2. The molecule has 4 N–H and O–H groups in total. The Morgan fingerprint density at radius 3 is 2.36 bits per heavy atom. The first-order valence-electron chi connectivity index (χ1n) is 7.74. The van der Waals surface area contributed by atoms with Crippen LogP contribution in [0.15, 0.2) is 24.3 Å². The van der Waals surface area contributed by atoms with Gasteiger partial charge in [0.15, 0.2) is 5.82 Å². The molecule has 2 amide bonds. The largest absolute Gasteiger partial charge is 0.394 e. The minimum Gasteiger partial charge on any atom is -0.394 e. The molecule has 0 saturated heterocycles. The van der Waals surface area contributed by atoms with Gasteiger partial charge in [0.2, 0.25) is 5.91 Å². The first-order valence-corrected chi connectivity index (χ1v) is 8.87. The summed E-state index contributed by atoms with van der Waals surface area (Å²) >= 11 is 17.4. The Kier molecular flexibility index (Phi) is 5.40. The van der Waals surface area contributed by atoms with Crippen molar-refractivity contribution in [2.24, 2.45) is 5.92 Å². The number of hydrogen-bond donors (Lipinski definition) is 3. The van der Waals surface area contributed by atoms with E-state index in [2.05, 4.69) is 10.6 Å². The molecule has 1 aliphatic carbocycles. The highest BCUT2D eigenvalue weighted by atomic mass is 35.5. The molecule has 148 valence electrons. The molecule has 2 aromatic carbocycles. The van der Waals surface area contributed by atoms with Gasteiger partial charge in [-0.2, -0.15) is 0 Å². The van der Waals surface area contributed by atoms with E-state index < -0.39 is 61.5 Å². The zero-order valence-electron chi connectivity index (χ0n) is 13.8. The lowest BCUT2D eigenvalue weighted by Crippen LogP contribution is -2.19. The summed E-state index contributed by atoms with van der Waals surface area (Å²) in [4.78, 5) is 24.4. The van der Waals surface area contributed by atoms with Crippen molar-refractivity contribution in [3.05, 3.63) is 52.3 Å². The van der Waals surface area contributed by atoms with Crippen molar-refractivity contribution < 1.29 is 22.8 Å². The van der Waals surface area contributed by atoms with E-state index in [9.17, 15) is 22.8 Å². The highest BCUT2D eigenvalue weighted by molar-refractivity contribution is 6.52. The Labute approximate surface area is 171 Å². The van der Waals surface area contributed by atoms with Gasteiger partial charge in [0.25, 0.3) is 5.91 Å². The third-order valence-electron chi connectivity index (χ3n) is 4.06. The molecular formula is C17H11Cl3F3N3O2. The van der Waals surface area contributed by atoms with Crippen LogP contribution in [0.1, 0.15) is 16.8 Å². The van der Waals surface area contributed by atoms with Crippen molar-refractivity contribution in [3.8, 4) is 0 Å². The highest BCUT2D eigenvalue weighted by Gasteiger charge is 2.56. The van der Waals surface area contributed by atoms with E-state index in [1.807, 2.05) is 0 Å². The van der Waals surface area contributed by atoms with Gasteiger partial charge < -0.3 is 16.4 Å². The minimum atomic E-state index is -1.19. The lowest BCUT2D eigenvalue weighted by molar-refractivity contribution is -0.117. The molecule has 0 heterocycles. The van der Waals surface area contributed by atoms with E-state index in [0.29, 0.717) is 0 Å². The van der Waals surface area contributed by atoms with Crippen LogP contribution in [0.25, 0.3) is 0 Å². The maximum absolute atomic E-state index is 14.1. The predicted molar refractivity (Wildman–Crippen MR) is 101 cm³/mol. The van der Waals surface area contributed by atoms with Crippen LogP contribution in [0.2, 0.25) is 5.02 Å². The SMILES string of the molecule is Nc1c(F)ccc(NC(=O)c2cc(NC(=O)C3CC3(Cl)Cl)cc(F)c2Cl)c1F. The monoisotopic (exact) mass is 451 g/mol. The highest BCUT2D eigenvalue weighted by Crippen LogP contribution is 2.53. The number of nitrogens with two attached hydrogens (primary N) is 1. The number of hydrogen-bond acceptors (Lipinski definition) is 3. The average molecular weight is 453 g/mol. The maximum atomic E-state index is 14.1. The molecule has 0 spiro atoms. The molecule has 1 fully saturated rings. The van der Waals surface area contributed by atoms with Gasteiger partial charge in [-0.1, -0.05) is 11.6 Å². The Balaban J connectivity index is 1.85. The van der Waals surface area contributed by atoms with Gasteiger partial charge in [0.05, 0.1) is 22.2 Å². The maximum Gasteiger partial charge on any atom is 0.257 e. The zero-order chi connectivity index (χ0) is 20.8. The summed E-state index contributed by atoms with van der Waals surface area (Å²) in [5, 5.41) is 3.95. The number of alkyl halides is 2. The van der Waals surface area contributed by atoms with E-state index in [-0.39, 0.29) is 12.1 Å². The fourth-order valence-electron chi connectivity index (χ4n) is 2.41. The van der Waals surface area contributed by atoms with Crippen LogP contribution in [0.4, 0.5) is 30.2 Å². The Morgan fingerprint density at radius 2 is 1.75 bits per heavy atom. The van der Waals surface area contributed by atoms with Crippen LogP contribution < -0.4 is 16.4 Å². The third kappa shape index (κ3) is 3.99. The van der Waals surface area contributed by atoms with E-state index in [1.54, 1.807) is 0 Å². The lowest BCUT2D eigenvalue weighted by atomic mass is 10.1. The van der Waals surface area contributed by atoms with E-state index in [4.69, 9.17) is 40.5 Å². The molecule has 0 aromatic heterocycles. The number of benzene rings is 2. The molecule has 1 atom stereocenters. The van der Waals surface area contributed by atoms with E-state index in [0.717, 1.165) is 24.3 Å². The number of nitrogen functional groups attached to an aromatic ring is 1. The summed E-state index contributed by atoms with van der Waals surface area (Å²) in [5.41, 5.74) is 3.55. The molecule has 28 heavy (non-hydrogen) atoms. The predicted octanol–water partition coefficient (Wildman–Crippen LogP) is 4.72. The second-order valence-electron chi connectivity index (χ2n) is 6.10. The molecule has 0 radical (unpaired) electrons. The first-order chi connectivity index (χ1) is 13.0. The Morgan fingerprint density at radius 1 is 1.11 bits per heavy atom. The van der Waals surface area contributed by atoms with Gasteiger partial charge in [-0.3, -0.25) is 9.59 Å². The number of carbonyl (C=O) groups excluding carboxylic acids is 2. The van der Waals surface area contributed by atoms with Crippen molar-refractivity contribution >= 4 is 63.7 Å². The van der Waals surface area contributed by atoms with Crippen molar-refractivity contribution in [1.29, 1.82) is 0 Å². The van der Waals surface area contributed by atoms with Crippen molar-refractivity contribution in [3.63, 3.8) is 0 Å². The molecule has 3 rings (SSSR count). The smallest absolute Gasteiger partial charge is 0.257 e. The molecule has 11 heteroatoms. The van der Waals surface area contributed by atoms with Crippen molar-refractivity contribution in [2.45, 2.75) is 10.8 Å². The van der Waals surface area contributed by atoms with Crippen LogP contribution in [-0.2, 0) is 4.79 Å². The minimum absolute atomic E-state index is 0.0767. The van der Waals surface area contributed by atoms with Gasteiger partial charge in [-0.15, -0.1) is 23.2 Å². The van der Waals surface area contributed by atoms with Crippen LogP contribution in [0, 0.1) is 23.4 Å². The van der Waals surface area contributed by atoms with E-state index in [1.165, 1.54) is 0 Å². The molecule has 5 nitrogen and oxygen atoms in total. The normalized spacial score (nSPS) is 17.1. The van der Waals surface area contributed by atoms with Gasteiger partial charge in [0, 0.05) is 5.69 Å². The number of nitrogens with one attached hydrogen (secondary N) is 2. The average Bonchev–Trinajstić information content (AvgIpc) is 3.27. The first kappa shape index (κ1) is 20.6. The van der Waals surface area contributed by atoms with Gasteiger partial charge in [-0.05, 0) is 30.7 Å². The second-order valence-corrected chi connectivity index (χ2v) is 8.02. The topological polar surface area (TPSA) is 84.2 Å². The Hall–Kier alpha value is -2.16. The van der Waals surface area contributed by atoms with Gasteiger partial charge in [0.1, 0.15) is 21.7 Å². The van der Waals surface area contributed by atoms with Crippen LogP contribution in [-0.4, -0.2) is 16.1 Å². The van der Waals surface area contributed by atoms with Crippen LogP contribution in [0.3, 0.4) is 0 Å². The molecule has 1 unspecified atom stereocenters.